The van der Waals surface area contributed by atoms with Crippen molar-refractivity contribution < 1.29 is 22.7 Å². The Morgan fingerprint density at radius 1 is 1.21 bits per heavy atom. The quantitative estimate of drug-likeness (QED) is 0.512. The third-order valence-corrected chi connectivity index (χ3v) is 6.11. The van der Waals surface area contributed by atoms with Crippen LogP contribution >= 0.6 is 0 Å². The van der Waals surface area contributed by atoms with Crippen LogP contribution in [-0.4, -0.2) is 46.3 Å². The van der Waals surface area contributed by atoms with Gasteiger partial charge in [0.15, 0.2) is 0 Å². The number of rotatable bonds is 7. The molecule has 3 aromatic rings. The number of carbonyl (C=O) groups excluding carboxylic acids is 1. The number of nitrogens with one attached hydrogen (secondary N) is 1. The van der Waals surface area contributed by atoms with E-state index in [0.29, 0.717) is 24.1 Å². The summed E-state index contributed by atoms with van der Waals surface area (Å²) in [5.74, 6) is 0.0197. The molecule has 1 fully saturated rings. The molecule has 180 valence electrons. The molecule has 0 bridgehead atoms. The van der Waals surface area contributed by atoms with Crippen molar-refractivity contribution >= 4 is 11.6 Å². The lowest BCUT2D eigenvalue weighted by atomic mass is 10.1. The van der Waals surface area contributed by atoms with Gasteiger partial charge in [0.1, 0.15) is 12.4 Å². The number of nitrogens with zero attached hydrogens (tertiary/aromatic N) is 3. The number of alkyl halides is 3. The SMILES string of the molecule is CC1CCCN1CCOc1ccc(NC(=O)c2cccc(C(F)(F)F)c2)cc1-c1ccnn1C. The zero-order valence-electron chi connectivity index (χ0n) is 19.1. The molecule has 1 unspecified atom stereocenters. The molecule has 1 saturated heterocycles. The number of aryl methyl sites for hydroxylation is 1. The molecule has 0 saturated carbocycles. The van der Waals surface area contributed by atoms with Crippen molar-refractivity contribution in [2.75, 3.05) is 25.0 Å². The summed E-state index contributed by atoms with van der Waals surface area (Å²) in [6.07, 6.45) is -0.462. The first kappa shape index (κ1) is 23.8. The van der Waals surface area contributed by atoms with Gasteiger partial charge in [0, 0.05) is 42.6 Å². The number of anilines is 1. The number of amides is 1. The number of likely N-dealkylation sites (tertiary alicyclic amines) is 1. The summed E-state index contributed by atoms with van der Waals surface area (Å²) in [4.78, 5) is 15.1. The van der Waals surface area contributed by atoms with Gasteiger partial charge in [-0.15, -0.1) is 0 Å². The van der Waals surface area contributed by atoms with E-state index in [2.05, 4.69) is 22.2 Å². The maximum absolute atomic E-state index is 13.0. The van der Waals surface area contributed by atoms with Crippen molar-refractivity contribution in [1.29, 1.82) is 0 Å². The van der Waals surface area contributed by atoms with Crippen LogP contribution in [0.5, 0.6) is 5.75 Å². The second-order valence-corrected chi connectivity index (χ2v) is 8.46. The van der Waals surface area contributed by atoms with E-state index in [1.165, 1.54) is 25.0 Å². The zero-order chi connectivity index (χ0) is 24.3. The second kappa shape index (κ2) is 9.89. The van der Waals surface area contributed by atoms with E-state index in [1.54, 1.807) is 36.1 Å². The van der Waals surface area contributed by atoms with Crippen molar-refractivity contribution in [3.8, 4) is 17.0 Å². The van der Waals surface area contributed by atoms with Gasteiger partial charge < -0.3 is 10.1 Å². The molecule has 9 heteroatoms. The highest BCUT2D eigenvalue weighted by Crippen LogP contribution is 2.33. The smallest absolute Gasteiger partial charge is 0.416 e. The number of carbonyl (C=O) groups is 1. The van der Waals surface area contributed by atoms with E-state index < -0.39 is 17.6 Å². The summed E-state index contributed by atoms with van der Waals surface area (Å²) in [6.45, 7) is 4.63. The Kier molecular flexibility index (Phi) is 6.92. The molecular formula is C25H27F3N4O2. The summed E-state index contributed by atoms with van der Waals surface area (Å²) < 4.78 is 46.8. The first-order valence-electron chi connectivity index (χ1n) is 11.2. The third kappa shape index (κ3) is 5.41. The van der Waals surface area contributed by atoms with Crippen LogP contribution in [0.25, 0.3) is 11.3 Å². The van der Waals surface area contributed by atoms with Gasteiger partial charge in [-0.2, -0.15) is 18.3 Å². The zero-order valence-corrected chi connectivity index (χ0v) is 19.1. The van der Waals surface area contributed by atoms with Crippen molar-refractivity contribution in [3.05, 3.63) is 65.9 Å². The molecule has 4 rings (SSSR count). The standard InChI is InChI=1S/C25H27F3N4O2/c1-17-5-4-12-32(17)13-14-34-23-9-8-20(16-21(23)22-10-11-29-31(22)2)30-24(33)18-6-3-7-19(15-18)25(26,27)28/h3,6-11,15-17H,4-5,12-14H2,1-2H3,(H,30,33). The van der Waals surface area contributed by atoms with Crippen LogP contribution < -0.4 is 10.1 Å². The molecule has 2 aromatic carbocycles. The molecule has 1 aliphatic rings. The Bertz CT molecular complexity index is 1160. The van der Waals surface area contributed by atoms with E-state index in [9.17, 15) is 18.0 Å². The Hall–Kier alpha value is -3.33. The highest BCUT2D eigenvalue weighted by atomic mass is 19.4. The normalized spacial score (nSPS) is 16.6. The fraction of sp³-hybridized carbons (Fsp3) is 0.360. The Balaban J connectivity index is 1.53. The molecule has 1 N–H and O–H groups in total. The van der Waals surface area contributed by atoms with Crippen LogP contribution in [0.2, 0.25) is 0 Å². The molecule has 1 aliphatic heterocycles. The van der Waals surface area contributed by atoms with Crippen LogP contribution in [-0.2, 0) is 13.2 Å². The van der Waals surface area contributed by atoms with Gasteiger partial charge in [0.05, 0.1) is 11.3 Å². The maximum atomic E-state index is 13.0. The Labute approximate surface area is 196 Å². The Morgan fingerprint density at radius 2 is 2.03 bits per heavy atom. The molecule has 0 aliphatic carbocycles. The monoisotopic (exact) mass is 472 g/mol. The number of hydrogen-bond acceptors (Lipinski definition) is 4. The van der Waals surface area contributed by atoms with Gasteiger partial charge in [0.25, 0.3) is 5.91 Å². The van der Waals surface area contributed by atoms with E-state index in [4.69, 9.17) is 4.74 Å². The summed E-state index contributed by atoms with van der Waals surface area (Å²) >= 11 is 0. The van der Waals surface area contributed by atoms with Crippen LogP contribution in [0.4, 0.5) is 18.9 Å². The second-order valence-electron chi connectivity index (χ2n) is 8.46. The number of benzene rings is 2. The van der Waals surface area contributed by atoms with Crippen LogP contribution in [0.1, 0.15) is 35.7 Å². The number of halogens is 3. The van der Waals surface area contributed by atoms with Crippen molar-refractivity contribution in [3.63, 3.8) is 0 Å². The molecule has 1 aromatic heterocycles. The molecule has 2 heterocycles. The van der Waals surface area contributed by atoms with Gasteiger partial charge >= 0.3 is 6.18 Å². The molecule has 1 atom stereocenters. The fourth-order valence-corrected chi connectivity index (χ4v) is 4.21. The van der Waals surface area contributed by atoms with Gasteiger partial charge in [0.2, 0.25) is 0 Å². The minimum Gasteiger partial charge on any atom is -0.492 e. The topological polar surface area (TPSA) is 59.4 Å². The fourth-order valence-electron chi connectivity index (χ4n) is 4.21. The lowest BCUT2D eigenvalue weighted by Gasteiger charge is -2.21. The summed E-state index contributed by atoms with van der Waals surface area (Å²) in [7, 11) is 1.80. The first-order valence-corrected chi connectivity index (χ1v) is 11.2. The molecule has 0 spiro atoms. The van der Waals surface area contributed by atoms with Crippen molar-refractivity contribution in [2.24, 2.45) is 7.05 Å². The van der Waals surface area contributed by atoms with Crippen LogP contribution in [0.3, 0.4) is 0 Å². The summed E-state index contributed by atoms with van der Waals surface area (Å²) in [5.41, 5.74) is 1.03. The van der Waals surface area contributed by atoms with Gasteiger partial charge in [-0.05, 0) is 68.8 Å². The van der Waals surface area contributed by atoms with E-state index >= 15 is 0 Å². The average Bonchev–Trinajstić information content (AvgIpc) is 3.42. The lowest BCUT2D eigenvalue weighted by molar-refractivity contribution is -0.137. The molecular weight excluding hydrogens is 445 g/mol. The number of aromatic nitrogens is 2. The van der Waals surface area contributed by atoms with Crippen LogP contribution in [0.15, 0.2) is 54.7 Å². The minimum atomic E-state index is -4.52. The minimum absolute atomic E-state index is 0.0723. The van der Waals surface area contributed by atoms with E-state index in [-0.39, 0.29) is 5.56 Å². The third-order valence-electron chi connectivity index (χ3n) is 6.11. The van der Waals surface area contributed by atoms with Crippen molar-refractivity contribution in [2.45, 2.75) is 32.0 Å². The number of hydrogen-bond donors (Lipinski definition) is 1. The predicted molar refractivity (Wildman–Crippen MR) is 124 cm³/mol. The largest absolute Gasteiger partial charge is 0.492 e. The van der Waals surface area contributed by atoms with Gasteiger partial charge in [-0.25, -0.2) is 0 Å². The summed E-state index contributed by atoms with van der Waals surface area (Å²) in [6, 6.07) is 11.9. The van der Waals surface area contributed by atoms with Gasteiger partial charge in [-0.1, -0.05) is 6.07 Å². The van der Waals surface area contributed by atoms with Crippen molar-refractivity contribution in [1.82, 2.24) is 14.7 Å². The van der Waals surface area contributed by atoms with E-state index in [0.717, 1.165) is 36.5 Å². The molecule has 0 radical (unpaired) electrons. The molecule has 1 amide bonds. The average molecular weight is 473 g/mol. The Morgan fingerprint density at radius 3 is 2.71 bits per heavy atom. The van der Waals surface area contributed by atoms with E-state index in [1.807, 2.05) is 6.07 Å². The van der Waals surface area contributed by atoms with Gasteiger partial charge in [-0.3, -0.25) is 14.4 Å². The van der Waals surface area contributed by atoms with Crippen LogP contribution in [0, 0.1) is 0 Å². The maximum Gasteiger partial charge on any atom is 0.416 e. The number of ether oxygens (including phenoxy) is 1. The molecule has 6 nitrogen and oxygen atoms in total. The highest BCUT2D eigenvalue weighted by molar-refractivity contribution is 6.04. The first-order chi connectivity index (χ1) is 16.2. The predicted octanol–water partition coefficient (Wildman–Crippen LogP) is 5.22. The highest BCUT2D eigenvalue weighted by Gasteiger charge is 2.31. The summed E-state index contributed by atoms with van der Waals surface area (Å²) in [5, 5.41) is 6.91. The molecule has 34 heavy (non-hydrogen) atoms. The lowest BCUT2D eigenvalue weighted by Crippen LogP contribution is -2.31.